The number of para-hydroxylation sites is 1. The van der Waals surface area contributed by atoms with Gasteiger partial charge >= 0.3 is 0 Å². The van der Waals surface area contributed by atoms with Crippen LogP contribution in [0.3, 0.4) is 0 Å². The van der Waals surface area contributed by atoms with Gasteiger partial charge in [0.1, 0.15) is 16.6 Å². The van der Waals surface area contributed by atoms with Crippen molar-refractivity contribution in [1.29, 1.82) is 0 Å². The number of aliphatic hydroxyl groups is 2. The Hall–Kier alpha value is -2.39. The maximum Gasteiger partial charge on any atom is 0.268 e. The number of hydrogen-bond donors (Lipinski definition) is 4. The molecule has 0 saturated heterocycles. The molecule has 2 atom stereocenters. The number of carbonyl (C=O) groups excluding carboxylic acids is 2. The Morgan fingerprint density at radius 3 is 2.93 bits per heavy atom. The summed E-state index contributed by atoms with van der Waals surface area (Å²) in [6.45, 7) is -0.500. The number of halogens is 1. The van der Waals surface area contributed by atoms with Crippen molar-refractivity contribution in [3.8, 4) is 0 Å². The third-order valence-electron chi connectivity index (χ3n) is 4.70. The maximum atomic E-state index is 13.0. The van der Waals surface area contributed by atoms with Crippen LogP contribution < -0.4 is 10.2 Å². The zero-order valence-electron chi connectivity index (χ0n) is 14.7. The second-order valence-corrected chi connectivity index (χ2v) is 8.35. The van der Waals surface area contributed by atoms with Crippen molar-refractivity contribution in [2.45, 2.75) is 18.6 Å². The average Bonchev–Trinajstić information content (AvgIpc) is 3.22. The molecule has 0 fully saturated rings. The van der Waals surface area contributed by atoms with Gasteiger partial charge in [-0.2, -0.15) is 0 Å². The number of hydrogen-bond acceptors (Lipinski definition) is 5. The number of aromatic amines is 1. The van der Waals surface area contributed by atoms with Crippen molar-refractivity contribution in [3.05, 3.63) is 52.0 Å². The van der Waals surface area contributed by atoms with Crippen molar-refractivity contribution >= 4 is 50.7 Å². The number of fused-ring (bicyclic) bond motifs is 2. The number of amides is 2. The van der Waals surface area contributed by atoms with Gasteiger partial charge < -0.3 is 25.4 Å². The van der Waals surface area contributed by atoms with Crippen LogP contribution in [-0.4, -0.2) is 52.3 Å². The molecule has 7 nitrogen and oxygen atoms in total. The van der Waals surface area contributed by atoms with E-state index in [1.165, 1.54) is 16.2 Å². The SMILES string of the molecule is O=C(N[C@@H]1Cc2ccccc2N(C[C@H](O)CO)C1=O)c1cc2cc(Cl)sc2[nH]1. The topological polar surface area (TPSA) is 106 Å². The van der Waals surface area contributed by atoms with Gasteiger partial charge in [0.05, 0.1) is 23.6 Å². The standard InChI is InChI=1S/C19H18ClN3O4S/c20-16-7-11-6-13(22-18(11)28-16)17(26)21-14-5-10-3-1-2-4-15(10)23(19(14)27)8-12(25)9-24/h1-4,6-7,12,14,22,24-25H,5,8-9H2,(H,21,26)/t12-,14+/m0/s1. The van der Waals surface area contributed by atoms with Crippen molar-refractivity contribution in [2.75, 3.05) is 18.1 Å². The van der Waals surface area contributed by atoms with Gasteiger partial charge in [0, 0.05) is 17.5 Å². The largest absolute Gasteiger partial charge is 0.394 e. The molecule has 0 saturated carbocycles. The lowest BCUT2D eigenvalue weighted by atomic mass is 9.96. The molecule has 3 aromatic rings. The fraction of sp³-hybridized carbons (Fsp3) is 0.263. The molecule has 0 aliphatic carbocycles. The number of nitrogens with one attached hydrogen (secondary N) is 2. The fourth-order valence-electron chi connectivity index (χ4n) is 3.38. The predicted octanol–water partition coefficient (Wildman–Crippen LogP) is 1.92. The number of nitrogens with zero attached hydrogens (tertiary/aromatic N) is 1. The van der Waals surface area contributed by atoms with E-state index in [-0.39, 0.29) is 18.4 Å². The number of anilines is 1. The molecule has 1 aromatic carbocycles. The summed E-state index contributed by atoms with van der Waals surface area (Å²) >= 11 is 7.30. The zero-order valence-corrected chi connectivity index (χ0v) is 16.3. The molecule has 2 amide bonds. The van der Waals surface area contributed by atoms with E-state index in [0.29, 0.717) is 22.1 Å². The number of H-pyrrole nitrogens is 1. The molecule has 0 bridgehead atoms. The number of aromatic nitrogens is 1. The quantitative estimate of drug-likeness (QED) is 0.507. The molecule has 1 aliphatic rings. The van der Waals surface area contributed by atoms with E-state index in [9.17, 15) is 14.7 Å². The van der Waals surface area contributed by atoms with Gasteiger partial charge in [-0.05, 0) is 23.8 Å². The first-order valence-electron chi connectivity index (χ1n) is 8.73. The summed E-state index contributed by atoms with van der Waals surface area (Å²) in [5.74, 6) is -0.712. The highest BCUT2D eigenvalue weighted by molar-refractivity contribution is 7.22. The van der Waals surface area contributed by atoms with Gasteiger partial charge in [0.2, 0.25) is 5.91 Å². The summed E-state index contributed by atoms with van der Waals surface area (Å²) < 4.78 is 0.630. The van der Waals surface area contributed by atoms with E-state index >= 15 is 0 Å². The summed E-state index contributed by atoms with van der Waals surface area (Å²) in [6, 6.07) is 10.0. The summed E-state index contributed by atoms with van der Waals surface area (Å²) in [5.41, 5.74) is 1.92. The molecule has 4 rings (SSSR count). The van der Waals surface area contributed by atoms with Crippen LogP contribution >= 0.6 is 22.9 Å². The molecular formula is C19H18ClN3O4S. The first-order chi connectivity index (χ1) is 13.5. The lowest BCUT2D eigenvalue weighted by Gasteiger charge is -2.35. The van der Waals surface area contributed by atoms with Crippen molar-refractivity contribution in [2.24, 2.45) is 0 Å². The van der Waals surface area contributed by atoms with Crippen LogP contribution in [0.15, 0.2) is 36.4 Å². The van der Waals surface area contributed by atoms with E-state index in [1.54, 1.807) is 24.3 Å². The minimum Gasteiger partial charge on any atom is -0.394 e. The molecule has 28 heavy (non-hydrogen) atoms. The van der Waals surface area contributed by atoms with Gasteiger partial charge in [0.15, 0.2) is 0 Å². The smallest absolute Gasteiger partial charge is 0.268 e. The predicted molar refractivity (Wildman–Crippen MR) is 108 cm³/mol. The van der Waals surface area contributed by atoms with Gasteiger partial charge in [-0.3, -0.25) is 9.59 Å². The number of thiophene rings is 1. The molecule has 4 N–H and O–H groups in total. The number of rotatable bonds is 5. The lowest BCUT2D eigenvalue weighted by molar-refractivity contribution is -0.121. The third kappa shape index (κ3) is 3.51. The molecular weight excluding hydrogens is 402 g/mol. The van der Waals surface area contributed by atoms with Crippen molar-refractivity contribution in [1.82, 2.24) is 10.3 Å². The number of β-amino-alcohol motifs (C(OH)–C–C–N with tert-alkyl or cyclic N) is 1. The van der Waals surface area contributed by atoms with Crippen LogP contribution in [0, 0.1) is 0 Å². The number of carbonyl (C=O) groups is 2. The van der Waals surface area contributed by atoms with Gasteiger partial charge in [-0.15, -0.1) is 11.3 Å². The van der Waals surface area contributed by atoms with E-state index in [2.05, 4.69) is 10.3 Å². The van der Waals surface area contributed by atoms with Crippen molar-refractivity contribution in [3.63, 3.8) is 0 Å². The highest BCUT2D eigenvalue weighted by atomic mass is 35.5. The van der Waals surface area contributed by atoms with E-state index < -0.39 is 18.8 Å². The van der Waals surface area contributed by atoms with Crippen LogP contribution in [0.1, 0.15) is 16.1 Å². The Morgan fingerprint density at radius 1 is 1.39 bits per heavy atom. The van der Waals surface area contributed by atoms with E-state index in [4.69, 9.17) is 16.7 Å². The molecule has 9 heteroatoms. The fourth-order valence-corrected chi connectivity index (χ4v) is 4.51. The third-order valence-corrected chi connectivity index (χ3v) is 5.90. The second-order valence-electron chi connectivity index (χ2n) is 6.66. The molecule has 3 heterocycles. The minimum atomic E-state index is -1.06. The maximum absolute atomic E-state index is 13.0. The molecule has 0 unspecified atom stereocenters. The van der Waals surface area contributed by atoms with Crippen LogP contribution in [0.5, 0.6) is 0 Å². The Kier molecular flexibility index (Phi) is 5.11. The van der Waals surface area contributed by atoms with E-state index in [1.807, 2.05) is 12.1 Å². The number of benzene rings is 1. The minimum absolute atomic E-state index is 0.0462. The van der Waals surface area contributed by atoms with Gasteiger partial charge in [0.25, 0.3) is 5.91 Å². The van der Waals surface area contributed by atoms with Gasteiger partial charge in [-0.1, -0.05) is 29.8 Å². The Morgan fingerprint density at radius 2 is 2.18 bits per heavy atom. The van der Waals surface area contributed by atoms with Crippen molar-refractivity contribution < 1.29 is 19.8 Å². The summed E-state index contributed by atoms with van der Waals surface area (Å²) in [7, 11) is 0. The normalized spacial score (nSPS) is 17.6. The summed E-state index contributed by atoms with van der Waals surface area (Å²) in [6.07, 6.45) is -0.709. The first-order valence-corrected chi connectivity index (χ1v) is 9.93. The first kappa shape index (κ1) is 18.9. The highest BCUT2D eigenvalue weighted by Gasteiger charge is 2.34. The Balaban J connectivity index is 1.57. The summed E-state index contributed by atoms with van der Waals surface area (Å²) in [4.78, 5) is 30.9. The number of aliphatic hydroxyl groups excluding tert-OH is 2. The van der Waals surface area contributed by atoms with Gasteiger partial charge in [-0.25, -0.2) is 0 Å². The lowest BCUT2D eigenvalue weighted by Crippen LogP contribution is -2.54. The van der Waals surface area contributed by atoms with E-state index in [0.717, 1.165) is 15.8 Å². The Bertz CT molecular complexity index is 1020. The molecule has 2 aromatic heterocycles. The van der Waals surface area contributed by atoms with Crippen LogP contribution in [0.25, 0.3) is 10.2 Å². The zero-order chi connectivity index (χ0) is 19.8. The molecule has 0 spiro atoms. The highest BCUT2D eigenvalue weighted by Crippen LogP contribution is 2.30. The van der Waals surface area contributed by atoms with Crippen LogP contribution in [0.4, 0.5) is 5.69 Å². The van der Waals surface area contributed by atoms with Crippen LogP contribution in [-0.2, 0) is 11.2 Å². The molecule has 0 radical (unpaired) electrons. The summed E-state index contributed by atoms with van der Waals surface area (Å²) in [5, 5.41) is 22.6. The Labute approximate surface area is 169 Å². The second kappa shape index (κ2) is 7.56. The molecule has 1 aliphatic heterocycles. The molecule has 146 valence electrons. The monoisotopic (exact) mass is 419 g/mol. The van der Waals surface area contributed by atoms with Crippen LogP contribution in [0.2, 0.25) is 4.34 Å². The average molecular weight is 420 g/mol.